The van der Waals surface area contributed by atoms with Gasteiger partial charge in [0.1, 0.15) is 0 Å². The van der Waals surface area contributed by atoms with Crippen molar-refractivity contribution < 1.29 is 316 Å². The average molecular weight is 764 g/mol. The molecule has 0 radical (unpaired) electrons. The van der Waals surface area contributed by atoms with Crippen LogP contribution in [-0.4, -0.2) is 71.9 Å². The zero-order valence-corrected chi connectivity index (χ0v) is 44.8. The van der Waals surface area contributed by atoms with Crippen molar-refractivity contribution in [1.29, 1.82) is 0 Å². The van der Waals surface area contributed by atoms with Gasteiger partial charge in [-0.15, -0.1) is 0 Å². The molecule has 0 fully saturated rings. The Morgan fingerprint density at radius 2 is 0.417 bits per heavy atom. The second kappa shape index (κ2) is 54.9. The molecular weight excluding hydrogens is 736 g/mol. The van der Waals surface area contributed by atoms with Crippen LogP contribution in [0.3, 0.4) is 0 Å². The summed E-state index contributed by atoms with van der Waals surface area (Å²) < 4.78 is 0. The van der Waals surface area contributed by atoms with Gasteiger partial charge < -0.3 is 102 Å². The van der Waals surface area contributed by atoms with Crippen molar-refractivity contribution >= 4 is 47.8 Å². The van der Waals surface area contributed by atoms with Gasteiger partial charge in [-0.3, -0.25) is 0 Å². The molecule has 8 N–H and O–H groups in total. The summed E-state index contributed by atoms with van der Waals surface area (Å²) in [6.45, 7) is 0. The fourth-order valence-electron chi connectivity index (χ4n) is 1.56. The largest absolute Gasteiger partial charge is 1.00 e. The Hall–Kier alpha value is 3.60. The van der Waals surface area contributed by atoms with Gasteiger partial charge in [0.15, 0.2) is 0 Å². The molecule has 4 atom stereocenters. The maximum absolute atomic E-state index is 9.86. The number of carbonyl (C=O) groups is 8. The SMILES string of the molecule is N[C@@H](CCC(=O)[O-])C(=O)[O-].N[C@@H](CCC(=O)[O-])C(=O)[O-].N[C@@H](CCC(=O)[O-])C(=O)[O-].N[C@@H](CCC(=O)[O-])C(=O)[O-].[Na+].[Na+].[Na+].[Na+].[Na+].[Na+].[Na+].[Na+]. The molecule has 0 aliphatic carbocycles. The molecule has 20 nitrogen and oxygen atoms in total. The summed E-state index contributed by atoms with van der Waals surface area (Å²) in [7, 11) is 0. The van der Waals surface area contributed by atoms with Crippen LogP contribution in [0.2, 0.25) is 0 Å². The Labute approximate surface area is 453 Å². The normalized spacial score (nSPS) is 10.4. The maximum atomic E-state index is 9.86. The molecule has 0 amide bonds. The molecule has 0 heterocycles. The van der Waals surface area contributed by atoms with E-state index in [-0.39, 0.29) is 288 Å². The van der Waals surface area contributed by atoms with E-state index in [1.165, 1.54) is 0 Å². The van der Waals surface area contributed by atoms with Crippen LogP contribution >= 0.6 is 0 Å². The summed E-state index contributed by atoms with van der Waals surface area (Å²) in [5, 5.41) is 78.4. The van der Waals surface area contributed by atoms with Gasteiger partial charge in [0.25, 0.3) is 0 Å². The fourth-order valence-corrected chi connectivity index (χ4v) is 1.56. The predicted octanol–water partition coefficient (Wildman–Crippen LogP) is -37.6. The first-order valence-corrected chi connectivity index (χ1v) is 10.8. The van der Waals surface area contributed by atoms with Crippen LogP contribution in [0.4, 0.5) is 0 Å². The van der Waals surface area contributed by atoms with Gasteiger partial charge in [-0.05, 0) is 51.4 Å². The number of nitrogens with two attached hydrogens (primary N) is 4. The summed E-state index contributed by atoms with van der Waals surface area (Å²) >= 11 is 0. The van der Waals surface area contributed by atoms with Crippen molar-refractivity contribution in [2.75, 3.05) is 0 Å². The molecule has 232 valence electrons. The molecule has 28 heteroatoms. The van der Waals surface area contributed by atoms with Gasteiger partial charge in [-0.2, -0.15) is 0 Å². The third-order valence-electron chi connectivity index (χ3n) is 3.85. The van der Waals surface area contributed by atoms with Gasteiger partial charge >= 0.3 is 236 Å². The number of carboxylic acids is 8. The van der Waals surface area contributed by atoms with E-state index in [2.05, 4.69) is 0 Å². The Morgan fingerprint density at radius 1 is 0.312 bits per heavy atom. The Morgan fingerprint density at radius 3 is 0.479 bits per heavy atom. The number of carboxylic acid groups (broad SMARTS) is 8. The van der Waals surface area contributed by atoms with Crippen molar-refractivity contribution in [2.24, 2.45) is 22.9 Å². The second-order valence-electron chi connectivity index (χ2n) is 7.34. The summed E-state index contributed by atoms with van der Waals surface area (Å²) in [6.07, 6.45) is -2.00. The molecule has 0 aliphatic heterocycles. The van der Waals surface area contributed by atoms with Crippen molar-refractivity contribution in [1.82, 2.24) is 0 Å². The van der Waals surface area contributed by atoms with E-state index in [4.69, 9.17) is 22.9 Å². The molecule has 0 saturated carbocycles. The monoisotopic (exact) mass is 764 g/mol. The van der Waals surface area contributed by atoms with E-state index in [9.17, 15) is 79.2 Å². The average Bonchev–Trinajstić information content (AvgIpc) is 2.83. The standard InChI is InChI=1S/4C5H9NO4.8Na/c4*6-3(5(9)10)1-2-4(7)8;;;;;;;;/h4*3H,1-2,6H2,(H,7,8)(H,9,10);;;;;;;;/q;;;;8*+1/p-8/t4*3-;;;;;;;;/m0000......../s1. The molecule has 48 heavy (non-hydrogen) atoms. The van der Waals surface area contributed by atoms with Crippen LogP contribution in [-0.2, 0) is 38.4 Å². The minimum atomic E-state index is -1.44. The number of aliphatic carboxylic acids is 8. The smallest absolute Gasteiger partial charge is 0.550 e. The van der Waals surface area contributed by atoms with E-state index in [1.54, 1.807) is 0 Å². The molecule has 0 spiro atoms. The van der Waals surface area contributed by atoms with E-state index in [0.29, 0.717) is 0 Å². The predicted molar refractivity (Wildman–Crippen MR) is 109 cm³/mol. The van der Waals surface area contributed by atoms with Gasteiger partial charge in [-0.1, -0.05) is 0 Å². The van der Waals surface area contributed by atoms with Crippen LogP contribution in [0.1, 0.15) is 51.4 Å². The van der Waals surface area contributed by atoms with Crippen LogP contribution in [0.25, 0.3) is 0 Å². The Kier molecular flexibility index (Phi) is 96.4. The molecule has 0 saturated heterocycles. The van der Waals surface area contributed by atoms with Crippen LogP contribution in [0, 0.1) is 0 Å². The molecule has 0 aromatic rings. The minimum absolute atomic E-state index is 0. The van der Waals surface area contributed by atoms with E-state index in [1.807, 2.05) is 0 Å². The fraction of sp³-hybridized carbons (Fsp3) is 0.600. The summed E-state index contributed by atoms with van der Waals surface area (Å²) in [6, 6.07) is -4.84. The van der Waals surface area contributed by atoms with E-state index >= 15 is 0 Å². The third-order valence-corrected chi connectivity index (χ3v) is 3.85. The van der Waals surface area contributed by atoms with Crippen LogP contribution in [0.15, 0.2) is 0 Å². The number of rotatable bonds is 16. The molecule has 0 aromatic heterocycles. The quantitative estimate of drug-likeness (QED) is 0.106. The molecule has 0 rings (SSSR count). The molecule has 0 unspecified atom stereocenters. The maximum Gasteiger partial charge on any atom is 1.00 e. The van der Waals surface area contributed by atoms with Gasteiger partial charge in [-0.25, -0.2) is 0 Å². The number of hydrogen-bond acceptors (Lipinski definition) is 20. The minimum Gasteiger partial charge on any atom is -0.550 e. The van der Waals surface area contributed by atoms with Gasteiger partial charge in [0.05, 0.1) is 23.9 Å². The summed E-state index contributed by atoms with van der Waals surface area (Å²) in [5.41, 5.74) is 19.6. The Balaban J connectivity index is -0.0000000341. The van der Waals surface area contributed by atoms with Crippen LogP contribution in [0.5, 0.6) is 0 Å². The zero-order chi connectivity index (χ0) is 32.6. The van der Waals surface area contributed by atoms with Crippen molar-refractivity contribution in [3.63, 3.8) is 0 Å². The zero-order valence-electron chi connectivity index (χ0n) is 28.8. The summed E-state index contributed by atoms with van der Waals surface area (Å²) in [4.78, 5) is 78.4. The topological polar surface area (TPSA) is 425 Å². The Bertz CT molecular complexity index is 746. The molecule has 0 bridgehead atoms. The first-order valence-electron chi connectivity index (χ1n) is 10.8. The number of hydrogen-bond donors (Lipinski definition) is 4. The second-order valence-corrected chi connectivity index (χ2v) is 7.34. The first-order chi connectivity index (χ1) is 18.1. The number of carbonyl (C=O) groups excluding carboxylic acids is 8. The first kappa shape index (κ1) is 84.2. The van der Waals surface area contributed by atoms with Gasteiger partial charge in [0.2, 0.25) is 0 Å². The van der Waals surface area contributed by atoms with Crippen molar-refractivity contribution in [3.05, 3.63) is 0 Å². The van der Waals surface area contributed by atoms with Crippen molar-refractivity contribution in [3.8, 4) is 0 Å². The van der Waals surface area contributed by atoms with E-state index in [0.717, 1.165) is 0 Å². The molecule has 0 aromatic carbocycles. The van der Waals surface area contributed by atoms with Crippen LogP contribution < -0.4 is 300 Å². The van der Waals surface area contributed by atoms with E-state index < -0.39 is 71.9 Å². The molecule has 0 aliphatic rings. The third kappa shape index (κ3) is 74.7. The van der Waals surface area contributed by atoms with Crippen molar-refractivity contribution in [2.45, 2.75) is 75.5 Å². The summed E-state index contributed by atoms with van der Waals surface area (Å²) in [5.74, 6) is -11.0. The molecular formula is C20H28N4Na8O16. The van der Waals surface area contributed by atoms with Gasteiger partial charge in [0, 0.05) is 48.0 Å².